The topological polar surface area (TPSA) is 73.8 Å². The van der Waals surface area contributed by atoms with Crippen LogP contribution >= 0.6 is 0 Å². The third-order valence-electron chi connectivity index (χ3n) is 1.49. The normalized spacial score (nSPS) is 11.7. The van der Waals surface area contributed by atoms with Crippen molar-refractivity contribution in [2.24, 2.45) is 7.05 Å². The van der Waals surface area contributed by atoms with Crippen LogP contribution in [-0.2, 0) is 19.8 Å². The van der Waals surface area contributed by atoms with Gasteiger partial charge in [0.05, 0.1) is 0 Å². The van der Waals surface area contributed by atoms with Gasteiger partial charge >= 0.3 is 6.18 Å². The lowest BCUT2D eigenvalue weighted by molar-refractivity contribution is -0.498. The summed E-state index contributed by atoms with van der Waals surface area (Å²) in [7, 11) is 1.03. The van der Waals surface area contributed by atoms with Crippen LogP contribution in [0.2, 0.25) is 0 Å². The molecule has 1 aromatic rings. The number of hydrogen-bond acceptors (Lipinski definition) is 4. The first kappa shape index (κ1) is 10.4. The van der Waals surface area contributed by atoms with Gasteiger partial charge in [-0.3, -0.25) is 10.1 Å². The molecule has 0 amide bonds. The maximum atomic E-state index is 12.1. The molecule has 1 rings (SSSR count). The van der Waals surface area contributed by atoms with E-state index in [-0.39, 0.29) is 5.82 Å². The Hall–Kier alpha value is -1.67. The van der Waals surface area contributed by atoms with Crippen LogP contribution in [0, 0.1) is 10.1 Å². The fourth-order valence-corrected chi connectivity index (χ4v) is 0.861. The number of aromatic nitrogens is 3. The summed E-state index contributed by atoms with van der Waals surface area (Å²) in [5, 5.41) is 15.9. The fraction of sp³-hybridized carbons (Fsp3) is 0.600. The highest BCUT2D eigenvalue weighted by molar-refractivity contribution is 4.97. The number of nitrogens with zero attached hydrogens (tertiary/aromatic N) is 4. The maximum Gasteiger partial charge on any atom is 0.451 e. The summed E-state index contributed by atoms with van der Waals surface area (Å²) < 4.78 is 36.9. The van der Waals surface area contributed by atoms with E-state index in [4.69, 9.17) is 0 Å². The molecule has 0 aromatic carbocycles. The Kier molecular flexibility index (Phi) is 2.41. The standard InChI is InChI=1S/C5H5F3N4O2/c1-11-3(2-12(13)14)9-10-4(11)5(6,7)8/h2H2,1H3. The van der Waals surface area contributed by atoms with Gasteiger partial charge in [0.25, 0.3) is 6.54 Å². The zero-order valence-electron chi connectivity index (χ0n) is 6.95. The number of nitro groups is 1. The van der Waals surface area contributed by atoms with E-state index in [9.17, 15) is 23.3 Å². The van der Waals surface area contributed by atoms with E-state index in [1.165, 1.54) is 0 Å². The van der Waals surface area contributed by atoms with Gasteiger partial charge in [0.15, 0.2) is 0 Å². The van der Waals surface area contributed by atoms with Gasteiger partial charge in [-0.1, -0.05) is 0 Å². The van der Waals surface area contributed by atoms with Crippen molar-refractivity contribution in [3.05, 3.63) is 21.8 Å². The SMILES string of the molecule is Cn1c(C[N+](=O)[O-])nnc1C(F)(F)F. The molecule has 1 heterocycles. The van der Waals surface area contributed by atoms with Gasteiger partial charge in [-0.25, -0.2) is 0 Å². The van der Waals surface area contributed by atoms with Crippen LogP contribution in [0.5, 0.6) is 0 Å². The van der Waals surface area contributed by atoms with Gasteiger partial charge in [-0.2, -0.15) is 13.2 Å². The monoisotopic (exact) mass is 210 g/mol. The van der Waals surface area contributed by atoms with Crippen molar-refractivity contribution in [1.29, 1.82) is 0 Å². The molecule has 0 aliphatic carbocycles. The molecule has 0 aliphatic heterocycles. The molecule has 78 valence electrons. The summed E-state index contributed by atoms with van der Waals surface area (Å²) >= 11 is 0. The lowest BCUT2D eigenvalue weighted by atomic mass is 10.5. The molecule has 0 bridgehead atoms. The molecule has 9 heteroatoms. The largest absolute Gasteiger partial charge is 0.451 e. The minimum atomic E-state index is -4.64. The van der Waals surface area contributed by atoms with Gasteiger partial charge in [0, 0.05) is 12.0 Å². The molecule has 6 nitrogen and oxygen atoms in total. The summed E-state index contributed by atoms with van der Waals surface area (Å²) in [6, 6.07) is 0. The molecule has 0 radical (unpaired) electrons. The van der Waals surface area contributed by atoms with Gasteiger partial charge in [-0.05, 0) is 0 Å². The minimum absolute atomic E-state index is 0.331. The van der Waals surface area contributed by atoms with Crippen molar-refractivity contribution in [1.82, 2.24) is 14.8 Å². The van der Waals surface area contributed by atoms with E-state index >= 15 is 0 Å². The highest BCUT2D eigenvalue weighted by Crippen LogP contribution is 2.27. The van der Waals surface area contributed by atoms with E-state index in [0.29, 0.717) is 4.57 Å². The number of alkyl halides is 3. The number of halogens is 3. The van der Waals surface area contributed by atoms with Gasteiger partial charge in [-0.15, -0.1) is 10.2 Å². The average Bonchev–Trinajstić information content (AvgIpc) is 2.30. The first-order chi connectivity index (χ1) is 6.32. The first-order valence-corrected chi connectivity index (χ1v) is 3.39. The predicted octanol–water partition coefficient (Wildman–Crippen LogP) is 0.611. The van der Waals surface area contributed by atoms with Crippen LogP contribution < -0.4 is 0 Å². The van der Waals surface area contributed by atoms with Crippen LogP contribution in [0.1, 0.15) is 11.6 Å². The first-order valence-electron chi connectivity index (χ1n) is 3.39. The highest BCUT2D eigenvalue weighted by atomic mass is 19.4. The Balaban J connectivity index is 3.03. The van der Waals surface area contributed by atoms with Crippen molar-refractivity contribution in [3.8, 4) is 0 Å². The molecular weight excluding hydrogens is 205 g/mol. The van der Waals surface area contributed by atoms with Gasteiger partial charge < -0.3 is 4.57 Å². The maximum absolute atomic E-state index is 12.1. The van der Waals surface area contributed by atoms with Crippen LogP contribution in [0.3, 0.4) is 0 Å². The Morgan fingerprint density at radius 3 is 2.43 bits per heavy atom. The van der Waals surface area contributed by atoms with E-state index in [2.05, 4.69) is 10.2 Å². The van der Waals surface area contributed by atoms with Crippen LogP contribution in [-0.4, -0.2) is 19.7 Å². The summed E-state index contributed by atoms with van der Waals surface area (Å²) in [6.45, 7) is -0.778. The van der Waals surface area contributed by atoms with Crippen LogP contribution in [0.25, 0.3) is 0 Å². The Morgan fingerprint density at radius 2 is 2.07 bits per heavy atom. The molecule has 0 saturated heterocycles. The molecule has 0 aliphatic rings. The summed E-state index contributed by atoms with van der Waals surface area (Å²) in [4.78, 5) is 9.25. The lowest BCUT2D eigenvalue weighted by Gasteiger charge is -2.04. The predicted molar refractivity (Wildman–Crippen MR) is 36.7 cm³/mol. The minimum Gasteiger partial charge on any atom is -0.305 e. The fourth-order valence-electron chi connectivity index (χ4n) is 0.861. The number of rotatable bonds is 2. The van der Waals surface area contributed by atoms with Crippen molar-refractivity contribution >= 4 is 0 Å². The van der Waals surface area contributed by atoms with Gasteiger partial charge in [0.1, 0.15) is 0 Å². The van der Waals surface area contributed by atoms with Crippen LogP contribution in [0.4, 0.5) is 13.2 Å². The van der Waals surface area contributed by atoms with Gasteiger partial charge in [0.2, 0.25) is 11.6 Å². The smallest absolute Gasteiger partial charge is 0.305 e. The van der Waals surface area contributed by atoms with E-state index < -0.39 is 23.5 Å². The molecule has 0 unspecified atom stereocenters. The van der Waals surface area contributed by atoms with E-state index in [0.717, 1.165) is 7.05 Å². The molecule has 1 aromatic heterocycles. The number of hydrogen-bond donors (Lipinski definition) is 0. The molecule has 0 saturated carbocycles. The average molecular weight is 210 g/mol. The van der Waals surface area contributed by atoms with E-state index in [1.54, 1.807) is 0 Å². The molecule has 14 heavy (non-hydrogen) atoms. The summed E-state index contributed by atoms with van der Waals surface area (Å²) in [5.74, 6) is -1.57. The Bertz CT molecular complexity index is 358. The molecule has 0 atom stereocenters. The second-order valence-electron chi connectivity index (χ2n) is 2.49. The molecule has 0 spiro atoms. The molecular formula is C5H5F3N4O2. The van der Waals surface area contributed by atoms with Crippen LogP contribution in [0.15, 0.2) is 0 Å². The van der Waals surface area contributed by atoms with Crippen molar-refractivity contribution in [3.63, 3.8) is 0 Å². The zero-order valence-corrected chi connectivity index (χ0v) is 6.95. The zero-order chi connectivity index (χ0) is 10.9. The van der Waals surface area contributed by atoms with Crippen molar-refractivity contribution in [2.45, 2.75) is 12.7 Å². The second kappa shape index (κ2) is 3.24. The summed E-state index contributed by atoms with van der Waals surface area (Å²) in [6.07, 6.45) is -4.64. The Labute approximate surface area is 75.5 Å². The Morgan fingerprint density at radius 1 is 1.50 bits per heavy atom. The third-order valence-corrected chi connectivity index (χ3v) is 1.49. The highest BCUT2D eigenvalue weighted by Gasteiger charge is 2.37. The van der Waals surface area contributed by atoms with E-state index in [1.807, 2.05) is 0 Å². The lowest BCUT2D eigenvalue weighted by Crippen LogP contribution is -2.14. The second-order valence-corrected chi connectivity index (χ2v) is 2.49. The third kappa shape index (κ3) is 1.98. The molecule has 0 fully saturated rings. The quantitative estimate of drug-likeness (QED) is 0.529. The summed E-state index contributed by atoms with van der Waals surface area (Å²) in [5.41, 5.74) is 0. The van der Waals surface area contributed by atoms with Crippen molar-refractivity contribution < 1.29 is 18.1 Å². The molecule has 0 N–H and O–H groups in total. The van der Waals surface area contributed by atoms with Crippen molar-refractivity contribution in [2.75, 3.05) is 0 Å².